The van der Waals surface area contributed by atoms with Gasteiger partial charge in [-0.15, -0.1) is 0 Å². The van der Waals surface area contributed by atoms with Gasteiger partial charge >= 0.3 is 6.18 Å². The predicted octanol–water partition coefficient (Wildman–Crippen LogP) is 4.50. The second kappa shape index (κ2) is 11.4. The van der Waals surface area contributed by atoms with E-state index in [-0.39, 0.29) is 18.6 Å². The molecule has 0 atom stereocenters. The molecule has 0 saturated carbocycles. The number of hydrogen-bond donors (Lipinski definition) is 0. The molecule has 3 heterocycles. The van der Waals surface area contributed by atoms with Gasteiger partial charge < -0.3 is 14.4 Å². The second-order valence-corrected chi connectivity index (χ2v) is 8.41. The molecule has 0 N–H and O–H groups in total. The van der Waals surface area contributed by atoms with E-state index < -0.39 is 11.9 Å². The molecule has 0 spiro atoms. The molecule has 1 saturated heterocycles. The van der Waals surface area contributed by atoms with Crippen LogP contribution in [0.25, 0.3) is 0 Å². The third-order valence-electron chi connectivity index (χ3n) is 5.74. The van der Waals surface area contributed by atoms with Gasteiger partial charge in [0.25, 0.3) is 0 Å². The third-order valence-corrected chi connectivity index (χ3v) is 5.74. The lowest BCUT2D eigenvalue weighted by Gasteiger charge is -2.33. The molecule has 1 aliphatic heterocycles. The van der Waals surface area contributed by atoms with E-state index in [1.54, 1.807) is 25.4 Å². The summed E-state index contributed by atoms with van der Waals surface area (Å²) in [4.78, 5) is 22.6. The van der Waals surface area contributed by atoms with Crippen molar-refractivity contribution >= 4 is 11.6 Å². The van der Waals surface area contributed by atoms with E-state index in [0.717, 1.165) is 24.5 Å². The minimum absolute atomic E-state index is 0.0111. The van der Waals surface area contributed by atoms with Crippen molar-refractivity contribution in [2.45, 2.75) is 45.2 Å². The molecule has 6 nitrogen and oxygen atoms in total. The van der Waals surface area contributed by atoms with E-state index >= 15 is 0 Å². The number of piperidine rings is 1. The number of aryl methyl sites for hydroxylation is 1. The quantitative estimate of drug-likeness (QED) is 0.482. The van der Waals surface area contributed by atoms with Crippen LogP contribution in [0.4, 0.5) is 19.0 Å². The van der Waals surface area contributed by atoms with Crippen LogP contribution in [0.3, 0.4) is 0 Å². The van der Waals surface area contributed by atoms with Gasteiger partial charge in [0.2, 0.25) is 5.88 Å². The summed E-state index contributed by atoms with van der Waals surface area (Å²) in [6.45, 7) is 4.33. The summed E-state index contributed by atoms with van der Waals surface area (Å²) in [5.74, 6) is 1.34. The SMILES string of the molecule is COCCOc1ccc(CC(=O)CCc2ccc(C(F)(F)F)nc2N2CCC(C)CC2)cn1. The smallest absolute Gasteiger partial charge is 0.433 e. The molecule has 0 unspecified atom stereocenters. The van der Waals surface area contributed by atoms with Crippen LogP contribution in [-0.2, 0) is 28.5 Å². The highest BCUT2D eigenvalue weighted by Gasteiger charge is 2.34. The van der Waals surface area contributed by atoms with E-state index in [1.165, 1.54) is 6.07 Å². The molecule has 9 heteroatoms. The summed E-state index contributed by atoms with van der Waals surface area (Å²) in [6, 6.07) is 5.95. The Morgan fingerprint density at radius 1 is 1.15 bits per heavy atom. The van der Waals surface area contributed by atoms with Crippen molar-refractivity contribution in [2.24, 2.45) is 5.92 Å². The number of halogens is 3. The van der Waals surface area contributed by atoms with Gasteiger partial charge in [0.1, 0.15) is 23.9 Å². The minimum Gasteiger partial charge on any atom is -0.475 e. The minimum atomic E-state index is -4.50. The highest BCUT2D eigenvalue weighted by molar-refractivity contribution is 5.81. The molecule has 0 radical (unpaired) electrons. The van der Waals surface area contributed by atoms with Crippen LogP contribution in [0.15, 0.2) is 30.5 Å². The lowest BCUT2D eigenvalue weighted by Crippen LogP contribution is -2.34. The number of Topliss-reactive ketones (excluding diaryl/α,β-unsaturated/α-hetero) is 1. The van der Waals surface area contributed by atoms with Gasteiger partial charge in [-0.2, -0.15) is 13.2 Å². The van der Waals surface area contributed by atoms with Crippen molar-refractivity contribution in [3.63, 3.8) is 0 Å². The van der Waals surface area contributed by atoms with Crippen molar-refractivity contribution in [1.82, 2.24) is 9.97 Å². The number of carbonyl (C=O) groups is 1. The molecule has 1 aliphatic rings. The number of alkyl halides is 3. The van der Waals surface area contributed by atoms with Crippen molar-refractivity contribution in [3.8, 4) is 5.88 Å². The molecule has 0 aromatic carbocycles. The summed E-state index contributed by atoms with van der Waals surface area (Å²) < 4.78 is 50.1. The Labute approximate surface area is 192 Å². The zero-order valence-corrected chi connectivity index (χ0v) is 19.0. The van der Waals surface area contributed by atoms with Crippen LogP contribution in [0, 0.1) is 5.92 Å². The van der Waals surface area contributed by atoms with Crippen LogP contribution >= 0.6 is 0 Å². The topological polar surface area (TPSA) is 64.6 Å². The Hall–Kier alpha value is -2.68. The van der Waals surface area contributed by atoms with E-state index in [1.807, 2.05) is 4.90 Å². The molecule has 1 fully saturated rings. The monoisotopic (exact) mass is 465 g/mol. The van der Waals surface area contributed by atoms with Gasteiger partial charge in [0.15, 0.2) is 0 Å². The van der Waals surface area contributed by atoms with Gasteiger partial charge in [-0.05, 0) is 42.4 Å². The zero-order valence-electron chi connectivity index (χ0n) is 19.0. The zero-order chi connectivity index (χ0) is 23.8. The molecule has 180 valence electrons. The predicted molar refractivity (Wildman–Crippen MR) is 118 cm³/mol. The normalized spacial score (nSPS) is 15.0. The number of hydrogen-bond acceptors (Lipinski definition) is 6. The van der Waals surface area contributed by atoms with Crippen LogP contribution in [0.1, 0.15) is 43.0 Å². The number of anilines is 1. The number of aromatic nitrogens is 2. The van der Waals surface area contributed by atoms with E-state index in [4.69, 9.17) is 9.47 Å². The lowest BCUT2D eigenvalue weighted by atomic mass is 9.98. The van der Waals surface area contributed by atoms with Gasteiger partial charge in [-0.1, -0.05) is 19.1 Å². The third kappa shape index (κ3) is 7.42. The van der Waals surface area contributed by atoms with Crippen molar-refractivity contribution in [3.05, 3.63) is 47.3 Å². The molecule has 0 aliphatic carbocycles. The average Bonchev–Trinajstić information content (AvgIpc) is 2.79. The molecule has 0 bridgehead atoms. The van der Waals surface area contributed by atoms with E-state index in [0.29, 0.717) is 55.9 Å². The maximum atomic E-state index is 13.2. The summed E-state index contributed by atoms with van der Waals surface area (Å²) in [6.07, 6.45) is -0.315. The Balaban J connectivity index is 1.63. The number of pyridine rings is 2. The summed E-state index contributed by atoms with van der Waals surface area (Å²) in [5.41, 5.74) is 0.533. The first kappa shape index (κ1) is 25.0. The fourth-order valence-corrected chi connectivity index (χ4v) is 3.75. The van der Waals surface area contributed by atoms with E-state index in [2.05, 4.69) is 16.9 Å². The molecule has 0 amide bonds. The van der Waals surface area contributed by atoms with E-state index in [9.17, 15) is 18.0 Å². The van der Waals surface area contributed by atoms with Gasteiger partial charge in [0.05, 0.1) is 6.61 Å². The summed E-state index contributed by atoms with van der Waals surface area (Å²) in [7, 11) is 1.59. The molecule has 33 heavy (non-hydrogen) atoms. The summed E-state index contributed by atoms with van der Waals surface area (Å²) in [5, 5.41) is 0. The maximum Gasteiger partial charge on any atom is 0.433 e. The van der Waals surface area contributed by atoms with Gasteiger partial charge in [-0.25, -0.2) is 9.97 Å². The number of ether oxygens (including phenoxy) is 2. The Kier molecular flexibility index (Phi) is 8.66. The Morgan fingerprint density at radius 2 is 1.91 bits per heavy atom. The van der Waals surface area contributed by atoms with Gasteiger partial charge in [-0.3, -0.25) is 4.79 Å². The van der Waals surface area contributed by atoms with Crippen LogP contribution in [-0.4, -0.2) is 49.2 Å². The second-order valence-electron chi connectivity index (χ2n) is 8.41. The van der Waals surface area contributed by atoms with Crippen molar-refractivity contribution in [2.75, 3.05) is 38.3 Å². The molecule has 2 aromatic rings. The molecule has 2 aromatic heterocycles. The number of methoxy groups -OCH3 is 1. The molecular weight excluding hydrogens is 435 g/mol. The highest BCUT2D eigenvalue weighted by atomic mass is 19.4. The largest absolute Gasteiger partial charge is 0.475 e. The first-order chi connectivity index (χ1) is 15.8. The Bertz CT molecular complexity index is 911. The standard InChI is InChI=1S/C24H30F3N3O3/c1-17-9-11-30(12-10-17)23-19(5-7-21(29-23)24(25,26)27)4-6-20(31)15-18-3-8-22(28-16-18)33-14-13-32-2/h3,5,7-8,16-17H,4,6,9-15H2,1-2H3. The highest BCUT2D eigenvalue weighted by Crippen LogP contribution is 2.32. The van der Waals surface area contributed by atoms with Crippen LogP contribution in [0.5, 0.6) is 5.88 Å². The van der Waals surface area contributed by atoms with Crippen LogP contribution in [0.2, 0.25) is 0 Å². The molecular formula is C24H30F3N3O3. The number of ketones is 1. The number of carbonyl (C=O) groups excluding carboxylic acids is 1. The first-order valence-corrected chi connectivity index (χ1v) is 11.2. The maximum absolute atomic E-state index is 13.2. The Morgan fingerprint density at radius 3 is 2.55 bits per heavy atom. The molecule has 3 rings (SSSR count). The lowest BCUT2D eigenvalue weighted by molar-refractivity contribution is -0.141. The average molecular weight is 466 g/mol. The van der Waals surface area contributed by atoms with Crippen LogP contribution < -0.4 is 9.64 Å². The fraction of sp³-hybridized carbons (Fsp3) is 0.542. The number of nitrogens with zero attached hydrogens (tertiary/aromatic N) is 3. The number of rotatable bonds is 10. The fourth-order valence-electron chi connectivity index (χ4n) is 3.75. The van der Waals surface area contributed by atoms with Crippen molar-refractivity contribution in [1.29, 1.82) is 0 Å². The van der Waals surface area contributed by atoms with Crippen molar-refractivity contribution < 1.29 is 27.4 Å². The van der Waals surface area contributed by atoms with Gasteiger partial charge in [0, 0.05) is 45.3 Å². The summed E-state index contributed by atoms with van der Waals surface area (Å²) >= 11 is 0. The first-order valence-electron chi connectivity index (χ1n) is 11.2.